The number of hydrazine groups is 1. The second-order valence-corrected chi connectivity index (χ2v) is 3.75. The highest BCUT2D eigenvalue weighted by atomic mass is 16.5. The van der Waals surface area contributed by atoms with Crippen molar-refractivity contribution in [3.8, 4) is 0 Å². The Bertz CT molecular complexity index is 295. The van der Waals surface area contributed by atoms with Crippen LogP contribution in [-0.2, 0) is 11.3 Å². The number of anilines is 1. The maximum absolute atomic E-state index is 5.71. The molecule has 3 N–H and O–H groups in total. The maximum Gasteiger partial charge on any atom is 0.158 e. The van der Waals surface area contributed by atoms with Crippen molar-refractivity contribution in [1.29, 1.82) is 0 Å². The molecule has 1 aromatic heterocycles. The normalized spacial score (nSPS) is 16.9. The summed E-state index contributed by atoms with van der Waals surface area (Å²) in [5, 5.41) is 0. The molecule has 5 nitrogen and oxygen atoms in total. The number of hydrogen-bond acceptors (Lipinski definition) is 5. The van der Waals surface area contributed by atoms with Crippen LogP contribution in [0.25, 0.3) is 0 Å². The third-order valence-electron chi connectivity index (χ3n) is 2.62. The summed E-state index contributed by atoms with van der Waals surface area (Å²) >= 11 is 0. The number of nitrogens with one attached hydrogen (secondary N) is 1. The van der Waals surface area contributed by atoms with E-state index < -0.39 is 0 Å². The molecule has 1 saturated carbocycles. The van der Waals surface area contributed by atoms with Gasteiger partial charge in [0.25, 0.3) is 0 Å². The monoisotopic (exact) mass is 208 g/mol. The number of aromatic nitrogens is 2. The first kappa shape index (κ1) is 10.3. The van der Waals surface area contributed by atoms with E-state index in [9.17, 15) is 0 Å². The highest BCUT2D eigenvalue weighted by Gasteiger charge is 2.15. The zero-order valence-electron chi connectivity index (χ0n) is 8.65. The van der Waals surface area contributed by atoms with E-state index in [1.807, 2.05) is 0 Å². The molecule has 1 aromatic rings. The van der Waals surface area contributed by atoms with E-state index in [-0.39, 0.29) is 0 Å². The first-order valence-corrected chi connectivity index (χ1v) is 5.27. The summed E-state index contributed by atoms with van der Waals surface area (Å²) in [5.74, 6) is 5.76. The van der Waals surface area contributed by atoms with Crippen molar-refractivity contribution in [2.24, 2.45) is 5.84 Å². The molecule has 0 spiro atoms. The third kappa shape index (κ3) is 2.87. The van der Waals surface area contributed by atoms with Crippen molar-refractivity contribution in [3.05, 3.63) is 18.1 Å². The van der Waals surface area contributed by atoms with Crippen LogP contribution in [0.2, 0.25) is 0 Å². The predicted octanol–water partition coefficient (Wildman–Crippen LogP) is 1.22. The SMILES string of the molecule is NNc1cnc(COC2CCCC2)cn1. The van der Waals surface area contributed by atoms with Crippen LogP contribution in [-0.4, -0.2) is 16.1 Å². The van der Waals surface area contributed by atoms with E-state index >= 15 is 0 Å². The average Bonchev–Trinajstić information content (AvgIpc) is 2.80. The van der Waals surface area contributed by atoms with Crippen LogP contribution < -0.4 is 11.3 Å². The van der Waals surface area contributed by atoms with E-state index in [4.69, 9.17) is 10.6 Å². The largest absolute Gasteiger partial charge is 0.372 e. The first-order chi connectivity index (χ1) is 7.38. The number of nitrogens with zero attached hydrogens (tertiary/aromatic N) is 2. The molecule has 0 unspecified atom stereocenters. The molecular weight excluding hydrogens is 192 g/mol. The summed E-state index contributed by atoms with van der Waals surface area (Å²) in [6.07, 6.45) is 8.63. The second kappa shape index (κ2) is 5.04. The maximum atomic E-state index is 5.71. The fourth-order valence-corrected chi connectivity index (χ4v) is 1.76. The smallest absolute Gasteiger partial charge is 0.158 e. The van der Waals surface area contributed by atoms with Crippen molar-refractivity contribution in [3.63, 3.8) is 0 Å². The standard InChI is InChI=1S/C10H16N4O/c11-14-10-6-12-8(5-13-10)7-15-9-3-1-2-4-9/h5-6,9H,1-4,7,11H2,(H,13,14). The molecule has 5 heteroatoms. The van der Waals surface area contributed by atoms with Gasteiger partial charge in [0.15, 0.2) is 5.82 Å². The minimum Gasteiger partial charge on any atom is -0.372 e. The summed E-state index contributed by atoms with van der Waals surface area (Å²) in [6.45, 7) is 0.544. The van der Waals surface area contributed by atoms with Gasteiger partial charge in [0.2, 0.25) is 0 Å². The van der Waals surface area contributed by atoms with E-state index in [0.29, 0.717) is 18.5 Å². The van der Waals surface area contributed by atoms with E-state index in [2.05, 4.69) is 15.4 Å². The summed E-state index contributed by atoms with van der Waals surface area (Å²) in [7, 11) is 0. The highest BCUT2D eigenvalue weighted by molar-refractivity contribution is 5.28. The van der Waals surface area contributed by atoms with Crippen LogP contribution >= 0.6 is 0 Å². The van der Waals surface area contributed by atoms with E-state index in [1.165, 1.54) is 25.7 Å². The van der Waals surface area contributed by atoms with Gasteiger partial charge in [-0.25, -0.2) is 10.8 Å². The molecule has 0 amide bonds. The van der Waals surface area contributed by atoms with Crippen molar-refractivity contribution in [2.75, 3.05) is 5.43 Å². The van der Waals surface area contributed by atoms with Crippen molar-refractivity contribution < 1.29 is 4.74 Å². The van der Waals surface area contributed by atoms with Gasteiger partial charge in [-0.05, 0) is 12.8 Å². The van der Waals surface area contributed by atoms with Crippen molar-refractivity contribution in [1.82, 2.24) is 9.97 Å². The Kier molecular flexibility index (Phi) is 3.47. The van der Waals surface area contributed by atoms with Crippen LogP contribution in [0.3, 0.4) is 0 Å². The molecule has 15 heavy (non-hydrogen) atoms. The van der Waals surface area contributed by atoms with Gasteiger partial charge in [-0.15, -0.1) is 0 Å². The Labute approximate surface area is 89.0 Å². The van der Waals surface area contributed by atoms with Crippen LogP contribution in [0, 0.1) is 0 Å². The second-order valence-electron chi connectivity index (χ2n) is 3.75. The first-order valence-electron chi connectivity index (χ1n) is 5.27. The predicted molar refractivity (Wildman–Crippen MR) is 56.9 cm³/mol. The van der Waals surface area contributed by atoms with Crippen LogP contribution in [0.5, 0.6) is 0 Å². The van der Waals surface area contributed by atoms with Gasteiger partial charge in [-0.1, -0.05) is 12.8 Å². The summed E-state index contributed by atoms with van der Waals surface area (Å²) in [6, 6.07) is 0. The van der Waals surface area contributed by atoms with Crippen LogP contribution in [0.15, 0.2) is 12.4 Å². The molecule has 82 valence electrons. The van der Waals surface area contributed by atoms with Gasteiger partial charge in [0.05, 0.1) is 30.8 Å². The molecule has 1 aliphatic rings. The van der Waals surface area contributed by atoms with Gasteiger partial charge in [0, 0.05) is 0 Å². The molecular formula is C10H16N4O. The van der Waals surface area contributed by atoms with Gasteiger partial charge < -0.3 is 10.2 Å². The number of nitrogen functional groups attached to an aromatic ring is 1. The number of rotatable bonds is 4. The Morgan fingerprint density at radius 3 is 2.73 bits per heavy atom. The Hall–Kier alpha value is -1.20. The van der Waals surface area contributed by atoms with Crippen molar-refractivity contribution >= 4 is 5.82 Å². The molecule has 1 aliphatic carbocycles. The Balaban J connectivity index is 1.82. The molecule has 2 rings (SSSR count). The zero-order chi connectivity index (χ0) is 10.5. The van der Waals surface area contributed by atoms with Crippen LogP contribution in [0.4, 0.5) is 5.82 Å². The van der Waals surface area contributed by atoms with Gasteiger partial charge in [-0.3, -0.25) is 4.98 Å². The summed E-state index contributed by atoms with van der Waals surface area (Å²) in [5.41, 5.74) is 3.29. The van der Waals surface area contributed by atoms with Crippen LogP contribution in [0.1, 0.15) is 31.4 Å². The molecule has 0 bridgehead atoms. The molecule has 1 heterocycles. The molecule has 0 saturated heterocycles. The third-order valence-corrected chi connectivity index (χ3v) is 2.62. The Morgan fingerprint density at radius 1 is 1.33 bits per heavy atom. The number of hydrogen-bond donors (Lipinski definition) is 2. The molecule has 0 atom stereocenters. The molecule has 0 aliphatic heterocycles. The highest BCUT2D eigenvalue weighted by Crippen LogP contribution is 2.21. The minimum atomic E-state index is 0.416. The fraction of sp³-hybridized carbons (Fsp3) is 0.600. The molecule has 1 fully saturated rings. The minimum absolute atomic E-state index is 0.416. The van der Waals surface area contributed by atoms with Gasteiger partial charge in [0.1, 0.15) is 0 Å². The number of nitrogens with two attached hydrogens (primary N) is 1. The zero-order valence-corrected chi connectivity index (χ0v) is 8.65. The lowest BCUT2D eigenvalue weighted by Gasteiger charge is -2.10. The lowest BCUT2D eigenvalue weighted by molar-refractivity contribution is 0.0436. The number of ether oxygens (including phenoxy) is 1. The van der Waals surface area contributed by atoms with E-state index in [1.54, 1.807) is 12.4 Å². The summed E-state index contributed by atoms with van der Waals surface area (Å²) in [4.78, 5) is 8.24. The average molecular weight is 208 g/mol. The van der Waals surface area contributed by atoms with Gasteiger partial charge >= 0.3 is 0 Å². The van der Waals surface area contributed by atoms with E-state index in [0.717, 1.165) is 5.69 Å². The molecule has 0 radical (unpaired) electrons. The lowest BCUT2D eigenvalue weighted by atomic mass is 10.3. The topological polar surface area (TPSA) is 73.1 Å². The Morgan fingerprint density at radius 2 is 2.13 bits per heavy atom. The molecule has 0 aromatic carbocycles. The fourth-order valence-electron chi connectivity index (χ4n) is 1.76. The quantitative estimate of drug-likeness (QED) is 0.575. The van der Waals surface area contributed by atoms with Crippen molar-refractivity contribution in [2.45, 2.75) is 38.4 Å². The summed E-state index contributed by atoms with van der Waals surface area (Å²) < 4.78 is 5.71. The van der Waals surface area contributed by atoms with Gasteiger partial charge in [-0.2, -0.15) is 0 Å². The lowest BCUT2D eigenvalue weighted by Crippen LogP contribution is -2.11.